The highest BCUT2D eigenvalue weighted by atomic mass is 35.5. The number of carbonyl (C=O) groups excluding carboxylic acids is 3. The summed E-state index contributed by atoms with van der Waals surface area (Å²) in [5, 5.41) is 3.78. The number of carbonyl (C=O) groups is 3. The number of aromatic nitrogens is 1. The minimum absolute atomic E-state index is 0.211. The Hall–Kier alpha value is -2.80. The van der Waals surface area contributed by atoms with Crippen molar-refractivity contribution in [2.45, 2.75) is 37.8 Å². The van der Waals surface area contributed by atoms with Crippen LogP contribution in [0.1, 0.15) is 30.6 Å². The third kappa shape index (κ3) is 6.69. The third-order valence-corrected chi connectivity index (χ3v) is 8.28. The highest BCUT2D eigenvalue weighted by molar-refractivity contribution is 7.92. The first kappa shape index (κ1) is 26.3. The summed E-state index contributed by atoms with van der Waals surface area (Å²) in [6.07, 6.45) is 6.61. The molecule has 2 aliphatic heterocycles. The van der Waals surface area contributed by atoms with Crippen molar-refractivity contribution < 1.29 is 22.8 Å². The maximum atomic E-state index is 13.1. The fraction of sp³-hybridized carbons (Fsp3) is 0.391. The molecule has 0 saturated carbocycles. The molecule has 2 aromatic heterocycles. The zero-order valence-corrected chi connectivity index (χ0v) is 21.7. The molecule has 192 valence electrons. The average molecular weight is 552 g/mol. The number of sulfonamides is 1. The van der Waals surface area contributed by atoms with E-state index in [9.17, 15) is 22.8 Å². The van der Waals surface area contributed by atoms with Crippen molar-refractivity contribution >= 4 is 62.4 Å². The van der Waals surface area contributed by atoms with Crippen LogP contribution in [0.15, 0.2) is 42.1 Å². The number of likely N-dealkylation sites (tertiary alicyclic amines) is 2. The zero-order chi connectivity index (χ0) is 25.7. The lowest BCUT2D eigenvalue weighted by molar-refractivity contribution is -0.144. The molecular formula is C23H26ClN5O5S2. The van der Waals surface area contributed by atoms with E-state index in [1.54, 1.807) is 30.5 Å². The van der Waals surface area contributed by atoms with Gasteiger partial charge in [0, 0.05) is 29.6 Å². The topological polar surface area (TPSA) is 129 Å². The maximum Gasteiger partial charge on any atom is 0.247 e. The summed E-state index contributed by atoms with van der Waals surface area (Å²) in [6, 6.07) is 5.18. The van der Waals surface area contributed by atoms with Gasteiger partial charge >= 0.3 is 0 Å². The molecule has 0 bridgehead atoms. The Morgan fingerprint density at radius 1 is 1.19 bits per heavy atom. The van der Waals surface area contributed by atoms with Crippen LogP contribution in [0.2, 0.25) is 4.34 Å². The highest BCUT2D eigenvalue weighted by Crippen LogP contribution is 2.23. The number of rotatable bonds is 8. The molecule has 2 atom stereocenters. The van der Waals surface area contributed by atoms with Crippen LogP contribution < -0.4 is 10.0 Å². The van der Waals surface area contributed by atoms with Gasteiger partial charge in [0.05, 0.1) is 22.8 Å². The van der Waals surface area contributed by atoms with Gasteiger partial charge in [0.15, 0.2) is 0 Å². The summed E-state index contributed by atoms with van der Waals surface area (Å²) in [7, 11) is -3.89. The Kier molecular flexibility index (Phi) is 8.39. The van der Waals surface area contributed by atoms with Crippen molar-refractivity contribution in [2.75, 3.05) is 25.0 Å². The minimum Gasteiger partial charge on any atom is -0.332 e. The van der Waals surface area contributed by atoms with Crippen LogP contribution in [0.25, 0.3) is 6.08 Å². The fourth-order valence-electron chi connectivity index (χ4n) is 4.27. The van der Waals surface area contributed by atoms with E-state index in [-0.39, 0.29) is 18.4 Å². The molecule has 2 fully saturated rings. The van der Waals surface area contributed by atoms with Gasteiger partial charge in [-0.05, 0) is 56.0 Å². The molecule has 0 radical (unpaired) electrons. The normalized spacial score (nSPS) is 20.8. The van der Waals surface area contributed by atoms with Crippen molar-refractivity contribution in [1.82, 2.24) is 19.5 Å². The van der Waals surface area contributed by atoms with Gasteiger partial charge < -0.3 is 15.1 Å². The molecule has 2 saturated heterocycles. The minimum atomic E-state index is -3.89. The van der Waals surface area contributed by atoms with Gasteiger partial charge in [-0.25, -0.2) is 8.42 Å². The number of hydrogen-bond acceptors (Lipinski definition) is 7. The molecule has 36 heavy (non-hydrogen) atoms. The number of piperidine rings is 1. The van der Waals surface area contributed by atoms with Crippen LogP contribution in [-0.4, -0.2) is 72.6 Å². The molecule has 3 amide bonds. The summed E-state index contributed by atoms with van der Waals surface area (Å²) >= 11 is 7.10. The lowest BCUT2D eigenvalue weighted by Crippen LogP contribution is -2.55. The van der Waals surface area contributed by atoms with Gasteiger partial charge in [0.25, 0.3) is 0 Å². The van der Waals surface area contributed by atoms with Gasteiger partial charge in [0.2, 0.25) is 27.7 Å². The van der Waals surface area contributed by atoms with E-state index in [0.29, 0.717) is 53.7 Å². The van der Waals surface area contributed by atoms with Gasteiger partial charge in [-0.3, -0.25) is 19.4 Å². The van der Waals surface area contributed by atoms with E-state index in [1.165, 1.54) is 33.4 Å². The Bertz CT molecular complexity index is 1250. The molecule has 13 heteroatoms. The summed E-state index contributed by atoms with van der Waals surface area (Å²) in [5.74, 6) is -1.10. The van der Waals surface area contributed by atoms with Crippen molar-refractivity contribution in [3.05, 3.63) is 51.3 Å². The van der Waals surface area contributed by atoms with Crippen molar-refractivity contribution in [3.63, 3.8) is 0 Å². The van der Waals surface area contributed by atoms with Crippen LogP contribution in [-0.2, 0) is 24.4 Å². The van der Waals surface area contributed by atoms with E-state index in [4.69, 9.17) is 11.6 Å². The first-order valence-corrected chi connectivity index (χ1v) is 14.2. The SMILES string of the molecule is O=C(Nc1cccnc1)[C@@H]1CCCN1C(=O)CN1CCC[C@H](NS(=O)(=O)/C=C/c2ccc(Cl)s2)C1=O. The smallest absolute Gasteiger partial charge is 0.247 e. The van der Waals surface area contributed by atoms with E-state index >= 15 is 0 Å². The van der Waals surface area contributed by atoms with Gasteiger partial charge in [0.1, 0.15) is 12.1 Å². The molecule has 2 aliphatic rings. The van der Waals surface area contributed by atoms with Crippen molar-refractivity contribution in [2.24, 2.45) is 0 Å². The number of pyridine rings is 1. The van der Waals surface area contributed by atoms with E-state index in [2.05, 4.69) is 15.0 Å². The molecule has 0 aliphatic carbocycles. The van der Waals surface area contributed by atoms with E-state index < -0.39 is 28.0 Å². The Morgan fingerprint density at radius 2 is 2.00 bits per heavy atom. The quantitative estimate of drug-likeness (QED) is 0.518. The largest absolute Gasteiger partial charge is 0.332 e. The van der Waals surface area contributed by atoms with Crippen LogP contribution in [0.5, 0.6) is 0 Å². The first-order valence-electron chi connectivity index (χ1n) is 11.5. The molecule has 10 nitrogen and oxygen atoms in total. The number of thiophene rings is 1. The van der Waals surface area contributed by atoms with Gasteiger partial charge in [-0.2, -0.15) is 4.72 Å². The lowest BCUT2D eigenvalue weighted by atomic mass is 10.1. The van der Waals surface area contributed by atoms with E-state index in [0.717, 1.165) is 5.41 Å². The molecule has 2 N–H and O–H groups in total. The van der Waals surface area contributed by atoms with Crippen molar-refractivity contribution in [1.29, 1.82) is 0 Å². The third-order valence-electron chi connectivity index (χ3n) is 5.97. The second kappa shape index (κ2) is 11.5. The highest BCUT2D eigenvalue weighted by Gasteiger charge is 2.37. The second-order valence-corrected chi connectivity index (χ2v) is 11.9. The summed E-state index contributed by atoms with van der Waals surface area (Å²) < 4.78 is 28.0. The predicted molar refractivity (Wildman–Crippen MR) is 138 cm³/mol. The number of nitrogens with one attached hydrogen (secondary N) is 2. The van der Waals surface area contributed by atoms with Crippen LogP contribution in [0.4, 0.5) is 5.69 Å². The zero-order valence-electron chi connectivity index (χ0n) is 19.3. The molecule has 0 unspecified atom stereocenters. The fourth-order valence-corrected chi connectivity index (χ4v) is 6.34. The molecular weight excluding hydrogens is 526 g/mol. The number of halogens is 1. The van der Waals surface area contributed by atoms with Crippen LogP contribution in [0.3, 0.4) is 0 Å². The lowest BCUT2D eigenvalue weighted by Gasteiger charge is -2.33. The monoisotopic (exact) mass is 551 g/mol. The summed E-state index contributed by atoms with van der Waals surface area (Å²) in [5.41, 5.74) is 0.541. The molecule has 4 rings (SSSR count). The van der Waals surface area contributed by atoms with Crippen molar-refractivity contribution in [3.8, 4) is 0 Å². The average Bonchev–Trinajstić information content (AvgIpc) is 3.50. The molecule has 4 heterocycles. The predicted octanol–water partition coefficient (Wildman–Crippen LogP) is 2.31. The second-order valence-electron chi connectivity index (χ2n) is 8.54. The maximum absolute atomic E-state index is 13.1. The Balaban J connectivity index is 1.35. The summed E-state index contributed by atoms with van der Waals surface area (Å²) in [6.45, 7) is 0.545. The van der Waals surface area contributed by atoms with Gasteiger partial charge in [-0.15, -0.1) is 11.3 Å². The standard InChI is InChI=1S/C23H26ClN5O5S2/c24-20-8-7-17(35-20)9-13-36(33,34)27-18-5-2-11-28(23(18)32)15-21(30)29-12-3-6-19(29)22(31)26-16-4-1-10-25-14-16/h1,4,7-10,13-14,18-19,27H,2-3,5-6,11-12,15H2,(H,26,31)/b13-9+/t18-,19-/m0/s1. The number of hydrogen-bond donors (Lipinski definition) is 2. The van der Waals surface area contributed by atoms with E-state index in [1.807, 2.05) is 0 Å². The molecule has 0 aromatic carbocycles. The van der Waals surface area contributed by atoms with Crippen LogP contribution in [0, 0.1) is 0 Å². The Morgan fingerprint density at radius 3 is 2.72 bits per heavy atom. The number of nitrogens with zero attached hydrogens (tertiary/aromatic N) is 3. The first-order chi connectivity index (χ1) is 17.2. The van der Waals surface area contributed by atoms with Gasteiger partial charge in [-0.1, -0.05) is 11.6 Å². The van der Waals surface area contributed by atoms with Crippen LogP contribution >= 0.6 is 22.9 Å². The number of anilines is 1. The number of amides is 3. The molecule has 2 aromatic rings. The summed E-state index contributed by atoms with van der Waals surface area (Å²) in [4.78, 5) is 46.3. The Labute approximate surface area is 218 Å². The molecule has 0 spiro atoms.